The molecule has 2 aliphatic carbocycles. The molecule has 2 atom stereocenters. The number of rotatable bonds is 8. The van der Waals surface area contributed by atoms with Crippen molar-refractivity contribution >= 4 is 90.4 Å². The number of amides is 1. The maximum atomic E-state index is 13.1. The first-order valence-corrected chi connectivity index (χ1v) is 22.5. The van der Waals surface area contributed by atoms with Crippen molar-refractivity contribution in [2.75, 3.05) is 44.5 Å². The van der Waals surface area contributed by atoms with Gasteiger partial charge in [-0.1, -0.05) is 0 Å². The minimum atomic E-state index is -0.725. The summed E-state index contributed by atoms with van der Waals surface area (Å²) in [6.45, 7) is 3.71. The summed E-state index contributed by atoms with van der Waals surface area (Å²) in [6.07, 6.45) is 12.4. The molecule has 17 heteroatoms. The fraction of sp³-hybridized carbons (Fsp3) is 0.378. The molecule has 4 aromatic heterocycles. The molecular formula is C45H43N9O6S2. The van der Waals surface area contributed by atoms with Gasteiger partial charge in [0.15, 0.2) is 0 Å². The molecule has 15 nitrogen and oxygen atoms in total. The van der Waals surface area contributed by atoms with Crippen LogP contribution in [0.4, 0.5) is 23.0 Å². The van der Waals surface area contributed by atoms with E-state index in [2.05, 4.69) is 46.6 Å². The second-order valence-corrected chi connectivity index (χ2v) is 18.9. The van der Waals surface area contributed by atoms with E-state index >= 15 is 0 Å². The molecule has 2 unspecified atom stereocenters. The van der Waals surface area contributed by atoms with E-state index in [-0.39, 0.29) is 23.3 Å². The van der Waals surface area contributed by atoms with Gasteiger partial charge in [-0.3, -0.25) is 19.6 Å². The number of aliphatic imine (C=N–C) groups is 2. The van der Waals surface area contributed by atoms with Gasteiger partial charge in [0.05, 0.1) is 75.1 Å². The lowest BCUT2D eigenvalue weighted by atomic mass is 9.82. The third-order valence-corrected chi connectivity index (χ3v) is 15.4. The number of aromatic nitrogens is 4. The van der Waals surface area contributed by atoms with Gasteiger partial charge in [-0.05, 0) is 96.2 Å². The molecule has 4 aliphatic heterocycles. The van der Waals surface area contributed by atoms with Crippen molar-refractivity contribution in [1.29, 1.82) is 0 Å². The number of hydrogen-bond donors (Lipinski definition) is 3. The SMILES string of the molecule is COc1cc2c(cc1Nc1ncnc3sc4c(c13)CCC(C(=O)N1CC3(CCO3)C1)C4)C=NC2.COc1cc2c(cc1Nc1ncnc3sc4c(c13)CCC(C(=O)O)C4)C=NC2. The number of carbonyl (C=O) groups is 2. The van der Waals surface area contributed by atoms with Gasteiger partial charge < -0.3 is 34.9 Å². The molecule has 0 saturated carbocycles. The van der Waals surface area contributed by atoms with Crippen molar-refractivity contribution in [2.24, 2.45) is 21.8 Å². The Morgan fingerprint density at radius 3 is 1.77 bits per heavy atom. The van der Waals surface area contributed by atoms with Crippen molar-refractivity contribution in [3.63, 3.8) is 0 Å². The number of methoxy groups -OCH3 is 2. The minimum absolute atomic E-state index is 0.0201. The summed E-state index contributed by atoms with van der Waals surface area (Å²) >= 11 is 3.26. The van der Waals surface area contributed by atoms with Crippen molar-refractivity contribution in [3.05, 3.63) is 80.1 Å². The van der Waals surface area contributed by atoms with Crippen LogP contribution in [-0.2, 0) is 53.1 Å². The highest BCUT2D eigenvalue weighted by molar-refractivity contribution is 7.19. The topological polar surface area (TPSA) is 186 Å². The van der Waals surface area contributed by atoms with Gasteiger partial charge in [0.2, 0.25) is 5.91 Å². The molecule has 316 valence electrons. The van der Waals surface area contributed by atoms with E-state index in [0.29, 0.717) is 25.9 Å². The van der Waals surface area contributed by atoms with Crippen molar-refractivity contribution in [2.45, 2.75) is 63.6 Å². The van der Waals surface area contributed by atoms with E-state index in [0.717, 1.165) is 134 Å². The number of hydrogen-bond acceptors (Lipinski definition) is 15. The molecule has 2 saturated heterocycles. The van der Waals surface area contributed by atoms with E-state index in [1.165, 1.54) is 16.0 Å². The summed E-state index contributed by atoms with van der Waals surface area (Å²) in [5, 5.41) is 18.3. The third-order valence-electron chi connectivity index (χ3n) is 13.0. The molecule has 8 heterocycles. The fourth-order valence-corrected chi connectivity index (χ4v) is 12.1. The lowest BCUT2D eigenvalue weighted by Gasteiger charge is -2.55. The Morgan fingerprint density at radius 2 is 1.29 bits per heavy atom. The average molecular weight is 870 g/mol. The number of benzene rings is 2. The number of likely N-dealkylation sites (tertiary alicyclic amines) is 1. The first-order valence-electron chi connectivity index (χ1n) is 20.9. The first-order chi connectivity index (χ1) is 30.3. The average Bonchev–Trinajstić information content (AvgIpc) is 4.06. The number of aliphatic carboxylic acids is 1. The highest BCUT2D eigenvalue weighted by Crippen LogP contribution is 2.45. The Labute approximate surface area is 364 Å². The molecule has 1 spiro atoms. The second kappa shape index (κ2) is 15.4. The molecule has 2 fully saturated rings. The number of carbonyl (C=O) groups excluding carboxylic acids is 1. The molecule has 0 bridgehead atoms. The molecule has 6 aliphatic rings. The molecule has 12 rings (SSSR count). The largest absolute Gasteiger partial charge is 0.495 e. The molecule has 0 radical (unpaired) electrons. The van der Waals surface area contributed by atoms with Crippen molar-refractivity contribution < 1.29 is 28.9 Å². The maximum absolute atomic E-state index is 13.1. The molecule has 2 aromatic carbocycles. The van der Waals surface area contributed by atoms with Gasteiger partial charge in [-0.2, -0.15) is 0 Å². The van der Waals surface area contributed by atoms with Gasteiger partial charge in [0.25, 0.3) is 0 Å². The first kappa shape index (κ1) is 38.9. The lowest BCUT2D eigenvalue weighted by Crippen LogP contribution is -2.70. The quantitative estimate of drug-likeness (QED) is 0.142. The van der Waals surface area contributed by atoms with Crippen LogP contribution < -0.4 is 20.1 Å². The van der Waals surface area contributed by atoms with Gasteiger partial charge in [0.1, 0.15) is 51.1 Å². The second-order valence-electron chi connectivity index (χ2n) is 16.7. The smallest absolute Gasteiger partial charge is 0.306 e. The fourth-order valence-electron chi connectivity index (χ4n) is 9.60. The monoisotopic (exact) mass is 869 g/mol. The zero-order valence-electron chi connectivity index (χ0n) is 34.2. The Hall–Kier alpha value is -6.04. The predicted octanol–water partition coefficient (Wildman–Crippen LogP) is 7.05. The zero-order valence-corrected chi connectivity index (χ0v) is 35.8. The van der Waals surface area contributed by atoms with Gasteiger partial charge in [0, 0.05) is 34.5 Å². The Balaban J connectivity index is 0.000000142. The van der Waals surface area contributed by atoms with E-state index in [1.54, 1.807) is 49.5 Å². The molecule has 1 amide bonds. The van der Waals surface area contributed by atoms with Crippen LogP contribution in [-0.4, -0.2) is 93.8 Å². The van der Waals surface area contributed by atoms with Gasteiger partial charge in [-0.15, -0.1) is 22.7 Å². The highest BCUT2D eigenvalue weighted by atomic mass is 32.1. The minimum Gasteiger partial charge on any atom is -0.495 e. The number of nitrogens with one attached hydrogen (secondary N) is 2. The summed E-state index contributed by atoms with van der Waals surface area (Å²) < 4.78 is 16.9. The molecule has 3 N–H and O–H groups in total. The number of thiophene rings is 2. The summed E-state index contributed by atoms with van der Waals surface area (Å²) in [6, 6.07) is 8.14. The number of nitrogens with zero attached hydrogens (tertiary/aromatic N) is 7. The number of fused-ring (bicyclic) bond motifs is 8. The summed E-state index contributed by atoms with van der Waals surface area (Å²) in [7, 11) is 3.33. The normalized spacial score (nSPS) is 19.7. The van der Waals surface area contributed by atoms with Crippen LogP contribution >= 0.6 is 22.7 Å². The summed E-state index contributed by atoms with van der Waals surface area (Å²) in [5.41, 5.74) is 8.59. The number of carboxylic acid groups (broad SMARTS) is 1. The number of carboxylic acids is 1. The van der Waals surface area contributed by atoms with Crippen LogP contribution in [0.25, 0.3) is 20.4 Å². The molecule has 62 heavy (non-hydrogen) atoms. The van der Waals surface area contributed by atoms with E-state index in [9.17, 15) is 14.7 Å². The standard InChI is InChI=1S/C25H25N5O3S.C20H18N4O3S/c1-32-19-7-16-10-26-9-15(16)6-18(19)29-22-21-17-3-2-14(8-20(17)34-23(21)28-13-27-22)24(31)30-11-25(12-30)4-5-33-25;1-27-15-5-12-8-21-7-11(12)4-14(15)24-18-17-13-3-2-10(20(25)26)6-16(13)28-19(17)23-9-22-18/h6-7,9,13-14H,2-5,8,10-12H2,1H3,(H,27,28,29);4-5,7,9-10H,2-3,6,8H2,1H3,(H,25,26)(H,22,23,24). The van der Waals surface area contributed by atoms with Crippen molar-refractivity contribution in [1.82, 2.24) is 24.8 Å². The van der Waals surface area contributed by atoms with Crippen LogP contribution in [0.3, 0.4) is 0 Å². The Bertz CT molecular complexity index is 2880. The zero-order chi connectivity index (χ0) is 42.1. The van der Waals surface area contributed by atoms with Crippen LogP contribution in [0.1, 0.15) is 62.4 Å². The van der Waals surface area contributed by atoms with Crippen LogP contribution in [0.2, 0.25) is 0 Å². The predicted molar refractivity (Wildman–Crippen MR) is 239 cm³/mol. The summed E-state index contributed by atoms with van der Waals surface area (Å²) in [4.78, 5) is 57.4. The molecule has 6 aromatic rings. The van der Waals surface area contributed by atoms with E-state index in [4.69, 9.17) is 14.2 Å². The Morgan fingerprint density at radius 1 is 0.774 bits per heavy atom. The number of anilines is 4. The third kappa shape index (κ3) is 6.73. The maximum Gasteiger partial charge on any atom is 0.306 e. The van der Waals surface area contributed by atoms with Gasteiger partial charge in [-0.25, -0.2) is 19.9 Å². The van der Waals surface area contributed by atoms with Crippen LogP contribution in [0.15, 0.2) is 46.9 Å². The van der Waals surface area contributed by atoms with Crippen LogP contribution in [0, 0.1) is 11.8 Å². The van der Waals surface area contributed by atoms with Gasteiger partial charge >= 0.3 is 5.97 Å². The van der Waals surface area contributed by atoms with Crippen LogP contribution in [0.5, 0.6) is 11.5 Å². The molecular weight excluding hydrogens is 827 g/mol. The number of aryl methyl sites for hydroxylation is 2. The number of ether oxygens (including phenoxy) is 3. The highest BCUT2D eigenvalue weighted by Gasteiger charge is 2.51. The van der Waals surface area contributed by atoms with E-state index < -0.39 is 5.97 Å². The van der Waals surface area contributed by atoms with Crippen molar-refractivity contribution in [3.8, 4) is 11.5 Å². The summed E-state index contributed by atoms with van der Waals surface area (Å²) in [5.74, 6) is 2.30. The van der Waals surface area contributed by atoms with E-state index in [1.807, 2.05) is 35.5 Å². The lowest BCUT2D eigenvalue weighted by molar-refractivity contribution is -0.223. The Kier molecular flexibility index (Phi) is 9.65.